The van der Waals surface area contributed by atoms with Gasteiger partial charge in [-0.1, -0.05) is 6.07 Å². The van der Waals surface area contributed by atoms with Crippen LogP contribution in [0.15, 0.2) is 40.9 Å². The molecule has 0 spiro atoms. The molecule has 0 fully saturated rings. The smallest absolute Gasteiger partial charge is 0.273 e. The maximum absolute atomic E-state index is 10.9. The van der Waals surface area contributed by atoms with Crippen LogP contribution in [-0.2, 0) is 0 Å². The molecule has 0 heterocycles. The maximum atomic E-state index is 10.9. The average Bonchev–Trinajstić information content (AvgIpc) is 2.42. The molecule has 0 saturated heterocycles. The Morgan fingerprint density at radius 1 is 1.15 bits per heavy atom. The second kappa shape index (κ2) is 5.92. The van der Waals surface area contributed by atoms with Gasteiger partial charge < -0.3 is 10.6 Å². The van der Waals surface area contributed by atoms with E-state index in [-0.39, 0.29) is 5.69 Å². The molecule has 0 saturated carbocycles. The fourth-order valence-electron chi connectivity index (χ4n) is 1.82. The molecule has 2 aromatic carbocycles. The van der Waals surface area contributed by atoms with Crippen molar-refractivity contribution in [1.82, 2.24) is 0 Å². The molecule has 2 N–H and O–H groups in total. The molecule has 0 atom stereocenters. The van der Waals surface area contributed by atoms with Gasteiger partial charge in [0.2, 0.25) is 0 Å². The average molecular weight is 336 g/mol. The van der Waals surface area contributed by atoms with Crippen molar-refractivity contribution in [3.8, 4) is 0 Å². The number of aryl methyl sites for hydroxylation is 1. The van der Waals surface area contributed by atoms with E-state index in [1.807, 2.05) is 31.2 Å². The first kappa shape index (κ1) is 14.3. The highest BCUT2D eigenvalue weighted by molar-refractivity contribution is 9.10. The summed E-state index contributed by atoms with van der Waals surface area (Å²) in [5, 5.41) is 17.0. The van der Waals surface area contributed by atoms with E-state index in [0.717, 1.165) is 15.7 Å². The molecule has 0 unspecified atom stereocenters. The molecule has 2 rings (SSSR count). The van der Waals surface area contributed by atoms with Gasteiger partial charge in [0.1, 0.15) is 0 Å². The van der Waals surface area contributed by atoms with Gasteiger partial charge in [-0.15, -0.1) is 0 Å². The Kier molecular flexibility index (Phi) is 4.24. The highest BCUT2D eigenvalue weighted by atomic mass is 79.9. The third kappa shape index (κ3) is 3.27. The quantitative estimate of drug-likeness (QED) is 0.639. The Hall–Kier alpha value is -2.08. The van der Waals surface area contributed by atoms with Crippen molar-refractivity contribution >= 4 is 38.7 Å². The lowest BCUT2D eigenvalue weighted by molar-refractivity contribution is -0.384. The number of hydrogen-bond donors (Lipinski definition) is 2. The predicted molar refractivity (Wildman–Crippen MR) is 84.8 cm³/mol. The summed E-state index contributed by atoms with van der Waals surface area (Å²) in [4.78, 5) is 10.5. The van der Waals surface area contributed by atoms with Gasteiger partial charge in [0.15, 0.2) is 0 Å². The molecule has 6 heteroatoms. The number of rotatable bonds is 4. The van der Waals surface area contributed by atoms with E-state index in [2.05, 4.69) is 26.6 Å². The van der Waals surface area contributed by atoms with E-state index in [9.17, 15) is 10.1 Å². The largest absolute Gasteiger partial charge is 0.388 e. The van der Waals surface area contributed by atoms with Crippen LogP contribution in [0.4, 0.5) is 22.7 Å². The highest BCUT2D eigenvalue weighted by Gasteiger charge is 2.10. The van der Waals surface area contributed by atoms with Crippen LogP contribution in [0, 0.1) is 17.0 Å². The lowest BCUT2D eigenvalue weighted by atomic mass is 10.2. The zero-order chi connectivity index (χ0) is 14.7. The number of nitro groups is 1. The van der Waals surface area contributed by atoms with E-state index in [1.54, 1.807) is 7.05 Å². The van der Waals surface area contributed by atoms with Crippen LogP contribution >= 0.6 is 15.9 Å². The van der Waals surface area contributed by atoms with Gasteiger partial charge in [0, 0.05) is 35.0 Å². The summed E-state index contributed by atoms with van der Waals surface area (Å²) in [5.74, 6) is 0. The molecular weight excluding hydrogens is 322 g/mol. The maximum Gasteiger partial charge on any atom is 0.273 e. The van der Waals surface area contributed by atoms with Gasteiger partial charge in [-0.05, 0) is 46.6 Å². The second-order valence-corrected chi connectivity index (χ2v) is 5.24. The van der Waals surface area contributed by atoms with Gasteiger partial charge in [0.05, 0.1) is 10.6 Å². The molecule has 104 valence electrons. The molecule has 0 aliphatic heterocycles. The van der Waals surface area contributed by atoms with Gasteiger partial charge in [-0.3, -0.25) is 10.1 Å². The van der Waals surface area contributed by atoms with Crippen LogP contribution in [-0.4, -0.2) is 12.0 Å². The van der Waals surface area contributed by atoms with Crippen molar-refractivity contribution in [2.24, 2.45) is 0 Å². The number of nitro benzene ring substituents is 1. The molecule has 0 radical (unpaired) electrons. The van der Waals surface area contributed by atoms with Crippen LogP contribution in [0.25, 0.3) is 0 Å². The van der Waals surface area contributed by atoms with E-state index in [1.165, 1.54) is 12.1 Å². The fourth-order valence-corrected chi connectivity index (χ4v) is 2.17. The monoisotopic (exact) mass is 335 g/mol. The lowest BCUT2D eigenvalue weighted by Gasteiger charge is -2.11. The van der Waals surface area contributed by atoms with Gasteiger partial charge in [0.25, 0.3) is 5.69 Å². The normalized spacial score (nSPS) is 10.2. The van der Waals surface area contributed by atoms with Gasteiger partial charge in [-0.2, -0.15) is 0 Å². The van der Waals surface area contributed by atoms with Gasteiger partial charge >= 0.3 is 0 Å². The minimum atomic E-state index is -0.405. The molecule has 2 aromatic rings. The topological polar surface area (TPSA) is 67.2 Å². The van der Waals surface area contributed by atoms with Crippen LogP contribution in [0.1, 0.15) is 5.56 Å². The molecule has 0 bridgehead atoms. The minimum absolute atomic E-state index is 0.0446. The van der Waals surface area contributed by atoms with Crippen molar-refractivity contribution < 1.29 is 4.92 Å². The van der Waals surface area contributed by atoms with Crippen molar-refractivity contribution in [2.45, 2.75) is 6.92 Å². The summed E-state index contributed by atoms with van der Waals surface area (Å²) >= 11 is 3.46. The van der Waals surface area contributed by atoms with Crippen molar-refractivity contribution in [3.63, 3.8) is 0 Å². The molecule has 0 amide bonds. The van der Waals surface area contributed by atoms with Gasteiger partial charge in [-0.25, -0.2) is 0 Å². The number of nitrogens with zero attached hydrogens (tertiary/aromatic N) is 1. The summed E-state index contributed by atoms with van der Waals surface area (Å²) in [6.45, 7) is 1.99. The number of non-ortho nitro benzene ring substituents is 1. The SMILES string of the molecule is CNc1cc(Nc2cc(C)ccc2Br)cc([N+](=O)[O-])c1. The lowest BCUT2D eigenvalue weighted by Crippen LogP contribution is -1.97. The summed E-state index contributed by atoms with van der Waals surface area (Å²) in [6, 6.07) is 10.7. The minimum Gasteiger partial charge on any atom is -0.388 e. The van der Waals surface area contributed by atoms with Crippen molar-refractivity contribution in [2.75, 3.05) is 17.7 Å². The van der Waals surface area contributed by atoms with Crippen molar-refractivity contribution in [3.05, 3.63) is 56.5 Å². The summed E-state index contributed by atoms with van der Waals surface area (Å²) in [5.41, 5.74) is 3.37. The molecular formula is C14H14BrN3O2. The van der Waals surface area contributed by atoms with Crippen LogP contribution in [0.2, 0.25) is 0 Å². The summed E-state index contributed by atoms with van der Waals surface area (Å²) in [6.07, 6.45) is 0. The number of nitrogens with one attached hydrogen (secondary N) is 2. The van der Waals surface area contributed by atoms with E-state index < -0.39 is 4.92 Å². The number of benzene rings is 2. The molecule has 0 aliphatic carbocycles. The van der Waals surface area contributed by atoms with E-state index in [4.69, 9.17) is 0 Å². The van der Waals surface area contributed by atoms with E-state index >= 15 is 0 Å². The summed E-state index contributed by atoms with van der Waals surface area (Å²) < 4.78 is 0.903. The Labute approximate surface area is 125 Å². The first-order valence-corrected chi connectivity index (χ1v) is 6.79. The number of anilines is 3. The first-order chi connectivity index (χ1) is 9.49. The predicted octanol–water partition coefficient (Wildman–Crippen LogP) is 4.45. The standard InChI is InChI=1S/C14H14BrN3O2/c1-9-3-4-13(15)14(5-9)17-11-6-10(16-2)7-12(8-11)18(19)20/h3-8,16-17H,1-2H3. The third-order valence-electron chi connectivity index (χ3n) is 2.82. The zero-order valence-corrected chi connectivity index (χ0v) is 12.7. The molecule has 0 aromatic heterocycles. The number of hydrogen-bond acceptors (Lipinski definition) is 4. The van der Waals surface area contributed by atoms with E-state index in [0.29, 0.717) is 11.4 Å². The molecule has 20 heavy (non-hydrogen) atoms. The first-order valence-electron chi connectivity index (χ1n) is 6.00. The Morgan fingerprint density at radius 3 is 2.50 bits per heavy atom. The fraction of sp³-hybridized carbons (Fsp3) is 0.143. The van der Waals surface area contributed by atoms with Crippen LogP contribution in [0.3, 0.4) is 0 Å². The molecule has 0 aliphatic rings. The Balaban J connectivity index is 2.39. The van der Waals surface area contributed by atoms with Crippen molar-refractivity contribution in [1.29, 1.82) is 0 Å². The Morgan fingerprint density at radius 2 is 1.85 bits per heavy atom. The zero-order valence-electron chi connectivity index (χ0n) is 11.1. The number of halogens is 1. The van der Waals surface area contributed by atoms with Crippen LogP contribution < -0.4 is 10.6 Å². The summed E-state index contributed by atoms with van der Waals surface area (Å²) in [7, 11) is 1.73. The van der Waals surface area contributed by atoms with Crippen LogP contribution in [0.5, 0.6) is 0 Å². The molecule has 5 nitrogen and oxygen atoms in total. The Bertz CT molecular complexity index is 659. The second-order valence-electron chi connectivity index (χ2n) is 4.38. The highest BCUT2D eigenvalue weighted by Crippen LogP contribution is 2.30. The third-order valence-corrected chi connectivity index (χ3v) is 3.51.